The maximum atomic E-state index is 12.1. The first-order chi connectivity index (χ1) is 6.27. The third kappa shape index (κ3) is 1.42. The number of imidazole rings is 1. The first-order valence-corrected chi connectivity index (χ1v) is 3.58. The molecule has 0 bridgehead atoms. The number of hydrogen-bond acceptors (Lipinski definition) is 2. The molecule has 0 saturated carbocycles. The molecule has 2 aromatic rings. The van der Waals surface area contributed by atoms with Crippen molar-refractivity contribution in [1.29, 1.82) is 0 Å². The number of aromatic nitrogens is 4. The summed E-state index contributed by atoms with van der Waals surface area (Å²) in [6.45, 7) is -2.60. The number of halogens is 2. The molecule has 0 aliphatic carbocycles. The zero-order chi connectivity index (χ0) is 9.26. The van der Waals surface area contributed by atoms with E-state index in [2.05, 4.69) is 15.1 Å². The molecule has 68 valence electrons. The van der Waals surface area contributed by atoms with E-state index in [9.17, 15) is 8.78 Å². The summed E-state index contributed by atoms with van der Waals surface area (Å²) in [5.41, 5.74) is 1.27. The fourth-order valence-electron chi connectivity index (χ4n) is 0.998. The number of nitrogens with one attached hydrogen (secondary N) is 1. The smallest absolute Gasteiger partial charge is 0.333 e. The highest BCUT2D eigenvalue weighted by atomic mass is 19.3. The highest BCUT2D eigenvalue weighted by molar-refractivity contribution is 5.55. The molecule has 0 aromatic carbocycles. The lowest BCUT2D eigenvalue weighted by Gasteiger charge is -1.94. The van der Waals surface area contributed by atoms with Gasteiger partial charge < -0.3 is 4.98 Å². The molecule has 1 N–H and O–H groups in total. The predicted molar refractivity (Wildman–Crippen MR) is 41.1 cm³/mol. The van der Waals surface area contributed by atoms with Crippen LogP contribution in [0.3, 0.4) is 0 Å². The summed E-state index contributed by atoms with van der Waals surface area (Å²) in [4.78, 5) is 6.57. The van der Waals surface area contributed by atoms with Crippen LogP contribution in [0, 0.1) is 0 Å². The molecule has 0 fully saturated rings. The van der Waals surface area contributed by atoms with Gasteiger partial charge in [-0.05, 0) is 0 Å². The number of hydrogen-bond donors (Lipinski definition) is 1. The number of rotatable bonds is 2. The molecular weight excluding hydrogens is 178 g/mol. The second-order valence-electron chi connectivity index (χ2n) is 2.45. The van der Waals surface area contributed by atoms with Crippen molar-refractivity contribution in [3.05, 3.63) is 24.9 Å². The first-order valence-electron chi connectivity index (χ1n) is 3.58. The molecule has 0 unspecified atom stereocenters. The topological polar surface area (TPSA) is 46.5 Å². The van der Waals surface area contributed by atoms with Gasteiger partial charge in [-0.25, -0.2) is 9.67 Å². The molecule has 0 aliphatic rings. The van der Waals surface area contributed by atoms with Crippen LogP contribution in [0.15, 0.2) is 24.9 Å². The van der Waals surface area contributed by atoms with Gasteiger partial charge in [0.25, 0.3) is 0 Å². The average Bonchev–Trinajstić information content (AvgIpc) is 2.75. The highest BCUT2D eigenvalue weighted by Crippen LogP contribution is 2.17. The zero-order valence-electron chi connectivity index (χ0n) is 6.48. The Labute approximate surface area is 72.2 Å². The minimum Gasteiger partial charge on any atom is -0.345 e. The van der Waals surface area contributed by atoms with E-state index in [0.717, 1.165) is 0 Å². The normalized spacial score (nSPS) is 11.0. The van der Waals surface area contributed by atoms with Crippen LogP contribution in [0.2, 0.25) is 0 Å². The molecule has 0 saturated heterocycles. The van der Waals surface area contributed by atoms with Crippen molar-refractivity contribution < 1.29 is 8.78 Å². The SMILES string of the molecule is FC(F)n1cc(-c2cnc[nH]2)cn1. The van der Waals surface area contributed by atoms with E-state index in [4.69, 9.17) is 0 Å². The van der Waals surface area contributed by atoms with E-state index >= 15 is 0 Å². The van der Waals surface area contributed by atoms with Gasteiger partial charge in [0.15, 0.2) is 0 Å². The molecule has 4 nitrogen and oxygen atoms in total. The Hall–Kier alpha value is -1.72. The molecule has 0 aliphatic heterocycles. The minimum atomic E-state index is -2.60. The predicted octanol–water partition coefficient (Wildman–Crippen LogP) is 1.67. The third-order valence-corrected chi connectivity index (χ3v) is 1.61. The number of H-pyrrole nitrogens is 1. The molecule has 2 heterocycles. The van der Waals surface area contributed by atoms with Gasteiger partial charge >= 0.3 is 6.55 Å². The lowest BCUT2D eigenvalue weighted by atomic mass is 10.3. The first kappa shape index (κ1) is 7.90. The van der Waals surface area contributed by atoms with Crippen molar-refractivity contribution in [2.75, 3.05) is 0 Å². The van der Waals surface area contributed by atoms with Crippen molar-refractivity contribution in [2.24, 2.45) is 0 Å². The van der Waals surface area contributed by atoms with Crippen molar-refractivity contribution >= 4 is 0 Å². The quantitative estimate of drug-likeness (QED) is 0.771. The molecule has 13 heavy (non-hydrogen) atoms. The van der Waals surface area contributed by atoms with Crippen LogP contribution in [-0.2, 0) is 0 Å². The van der Waals surface area contributed by atoms with Gasteiger partial charge in [-0.1, -0.05) is 0 Å². The molecule has 2 aromatic heterocycles. The van der Waals surface area contributed by atoms with Crippen molar-refractivity contribution in [2.45, 2.75) is 6.55 Å². The van der Waals surface area contributed by atoms with E-state index in [1.165, 1.54) is 18.7 Å². The van der Waals surface area contributed by atoms with Crippen LogP contribution in [0.25, 0.3) is 11.3 Å². The molecule has 0 spiro atoms. The maximum absolute atomic E-state index is 12.1. The Kier molecular flexibility index (Phi) is 1.80. The summed E-state index contributed by atoms with van der Waals surface area (Å²) >= 11 is 0. The summed E-state index contributed by atoms with van der Waals surface area (Å²) in [5.74, 6) is 0. The van der Waals surface area contributed by atoms with Crippen LogP contribution in [0.1, 0.15) is 6.55 Å². The Balaban J connectivity index is 2.33. The van der Waals surface area contributed by atoms with Crippen LogP contribution >= 0.6 is 0 Å². The maximum Gasteiger partial charge on any atom is 0.333 e. The Morgan fingerprint density at radius 1 is 1.38 bits per heavy atom. The Bertz CT molecular complexity index is 379. The molecular formula is C7H6F2N4. The molecule has 2 rings (SSSR count). The van der Waals surface area contributed by atoms with Crippen LogP contribution in [0.4, 0.5) is 8.78 Å². The largest absolute Gasteiger partial charge is 0.345 e. The number of nitrogens with zero attached hydrogens (tertiary/aromatic N) is 3. The van der Waals surface area contributed by atoms with Gasteiger partial charge in [0, 0.05) is 11.8 Å². The fourth-order valence-corrected chi connectivity index (χ4v) is 0.998. The zero-order valence-corrected chi connectivity index (χ0v) is 6.48. The summed E-state index contributed by atoms with van der Waals surface area (Å²) in [6, 6.07) is 0. The van der Waals surface area contributed by atoms with E-state index in [1.807, 2.05) is 0 Å². The summed E-state index contributed by atoms with van der Waals surface area (Å²) in [6.07, 6.45) is 5.65. The monoisotopic (exact) mass is 184 g/mol. The number of alkyl halides is 2. The van der Waals surface area contributed by atoms with E-state index in [-0.39, 0.29) is 0 Å². The lowest BCUT2D eigenvalue weighted by molar-refractivity contribution is 0.0566. The highest BCUT2D eigenvalue weighted by Gasteiger charge is 2.08. The third-order valence-electron chi connectivity index (χ3n) is 1.61. The molecule has 0 atom stereocenters. The van der Waals surface area contributed by atoms with Gasteiger partial charge in [0.2, 0.25) is 0 Å². The van der Waals surface area contributed by atoms with E-state index < -0.39 is 6.55 Å². The number of aromatic amines is 1. The van der Waals surface area contributed by atoms with Gasteiger partial charge in [-0.2, -0.15) is 13.9 Å². The average molecular weight is 184 g/mol. The van der Waals surface area contributed by atoms with Gasteiger partial charge in [0.1, 0.15) is 0 Å². The second kappa shape index (κ2) is 2.96. The Morgan fingerprint density at radius 2 is 2.23 bits per heavy atom. The van der Waals surface area contributed by atoms with Crippen molar-refractivity contribution in [3.63, 3.8) is 0 Å². The standard InChI is InChI=1S/C7H6F2N4/c8-7(9)13-3-5(1-12-13)6-2-10-4-11-6/h1-4,7H,(H,10,11). The second-order valence-corrected chi connectivity index (χ2v) is 2.45. The van der Waals surface area contributed by atoms with Crippen molar-refractivity contribution in [3.8, 4) is 11.3 Å². The van der Waals surface area contributed by atoms with Crippen LogP contribution in [0.5, 0.6) is 0 Å². The van der Waals surface area contributed by atoms with Gasteiger partial charge in [-0.15, -0.1) is 0 Å². The van der Waals surface area contributed by atoms with Crippen LogP contribution in [-0.4, -0.2) is 19.7 Å². The molecule has 6 heteroatoms. The summed E-state index contributed by atoms with van der Waals surface area (Å²) in [7, 11) is 0. The molecule has 0 amide bonds. The summed E-state index contributed by atoms with van der Waals surface area (Å²) < 4.78 is 24.8. The van der Waals surface area contributed by atoms with E-state index in [1.54, 1.807) is 6.20 Å². The van der Waals surface area contributed by atoms with Crippen LogP contribution < -0.4 is 0 Å². The van der Waals surface area contributed by atoms with Gasteiger partial charge in [0.05, 0.1) is 24.4 Å². The summed E-state index contributed by atoms with van der Waals surface area (Å²) in [5, 5.41) is 3.49. The Morgan fingerprint density at radius 3 is 2.77 bits per heavy atom. The fraction of sp³-hybridized carbons (Fsp3) is 0.143. The van der Waals surface area contributed by atoms with Crippen molar-refractivity contribution in [1.82, 2.24) is 19.7 Å². The van der Waals surface area contributed by atoms with Gasteiger partial charge in [-0.3, -0.25) is 0 Å². The van der Waals surface area contributed by atoms with E-state index in [0.29, 0.717) is 15.9 Å². The molecule has 0 radical (unpaired) electrons. The lowest BCUT2D eigenvalue weighted by Crippen LogP contribution is -1.96. The minimum absolute atomic E-state index is 0.593.